The highest BCUT2D eigenvalue weighted by atomic mass is 127. The number of halogens is 1. The van der Waals surface area contributed by atoms with Crippen molar-refractivity contribution in [3.8, 4) is 0 Å². The first-order valence-corrected chi connectivity index (χ1v) is 7.05. The fraction of sp³-hybridized carbons (Fsp3) is 0.538. The minimum atomic E-state index is 0.421. The van der Waals surface area contributed by atoms with Gasteiger partial charge < -0.3 is 10.6 Å². The lowest BCUT2D eigenvalue weighted by Crippen LogP contribution is -2.36. The third kappa shape index (κ3) is 1.69. The zero-order chi connectivity index (χ0) is 11.2. The van der Waals surface area contributed by atoms with Crippen LogP contribution in [0.5, 0.6) is 0 Å². The van der Waals surface area contributed by atoms with E-state index < -0.39 is 0 Å². The van der Waals surface area contributed by atoms with Crippen molar-refractivity contribution >= 4 is 34.0 Å². The lowest BCUT2D eigenvalue weighted by Gasteiger charge is -2.29. The molecule has 3 heteroatoms. The molecular weight excluding hydrogens is 311 g/mol. The lowest BCUT2D eigenvalue weighted by atomic mass is 9.85. The van der Waals surface area contributed by atoms with Gasteiger partial charge in [-0.1, -0.05) is 13.3 Å². The molecule has 0 radical (unpaired) electrons. The molecule has 2 unspecified atom stereocenters. The molecule has 0 spiro atoms. The third-order valence-corrected chi connectivity index (χ3v) is 4.75. The first kappa shape index (κ1) is 10.7. The predicted molar refractivity (Wildman–Crippen MR) is 77.0 cm³/mol. The molecule has 0 aromatic heterocycles. The van der Waals surface area contributed by atoms with Crippen LogP contribution >= 0.6 is 22.6 Å². The van der Waals surface area contributed by atoms with E-state index in [0.29, 0.717) is 11.5 Å². The van der Waals surface area contributed by atoms with E-state index in [9.17, 15) is 0 Å². The van der Waals surface area contributed by atoms with Crippen LogP contribution in [0.2, 0.25) is 0 Å². The van der Waals surface area contributed by atoms with Crippen molar-refractivity contribution < 1.29 is 0 Å². The highest BCUT2D eigenvalue weighted by molar-refractivity contribution is 14.1. The number of hydrogen-bond donors (Lipinski definition) is 2. The van der Waals surface area contributed by atoms with Crippen molar-refractivity contribution in [3.63, 3.8) is 0 Å². The Hall–Kier alpha value is -0.450. The molecule has 2 aliphatic rings. The van der Waals surface area contributed by atoms with Crippen molar-refractivity contribution in [2.75, 3.05) is 17.2 Å². The third-order valence-electron chi connectivity index (χ3n) is 4.08. The number of benzene rings is 1. The molecule has 1 heterocycles. The summed E-state index contributed by atoms with van der Waals surface area (Å²) in [7, 11) is 0. The van der Waals surface area contributed by atoms with Gasteiger partial charge in [0.2, 0.25) is 0 Å². The van der Waals surface area contributed by atoms with Crippen LogP contribution in [0.1, 0.15) is 26.2 Å². The monoisotopic (exact) mass is 328 g/mol. The summed E-state index contributed by atoms with van der Waals surface area (Å²) in [5.41, 5.74) is 2.96. The molecule has 16 heavy (non-hydrogen) atoms. The minimum Gasteiger partial charge on any atom is -0.383 e. The van der Waals surface area contributed by atoms with E-state index in [0.717, 1.165) is 6.54 Å². The molecule has 0 bridgehead atoms. The first-order chi connectivity index (χ1) is 7.67. The molecule has 1 fully saturated rings. The van der Waals surface area contributed by atoms with Gasteiger partial charge in [-0.3, -0.25) is 0 Å². The zero-order valence-corrected chi connectivity index (χ0v) is 11.7. The van der Waals surface area contributed by atoms with Gasteiger partial charge in [0, 0.05) is 21.6 Å². The second-order valence-electron chi connectivity index (χ2n) is 5.29. The molecule has 1 aromatic carbocycles. The van der Waals surface area contributed by atoms with Crippen LogP contribution in [0.3, 0.4) is 0 Å². The lowest BCUT2D eigenvalue weighted by molar-refractivity contribution is 0.335. The summed E-state index contributed by atoms with van der Waals surface area (Å²) in [6.45, 7) is 3.50. The van der Waals surface area contributed by atoms with Crippen molar-refractivity contribution in [2.45, 2.75) is 32.2 Å². The van der Waals surface area contributed by atoms with E-state index in [1.807, 2.05) is 0 Å². The first-order valence-electron chi connectivity index (χ1n) is 5.97. The minimum absolute atomic E-state index is 0.421. The van der Waals surface area contributed by atoms with Crippen LogP contribution in [0.15, 0.2) is 18.2 Å². The van der Waals surface area contributed by atoms with Crippen LogP contribution in [-0.2, 0) is 0 Å². The fourth-order valence-electron chi connectivity index (χ4n) is 2.96. The van der Waals surface area contributed by atoms with Gasteiger partial charge >= 0.3 is 0 Å². The fourth-order valence-corrected chi connectivity index (χ4v) is 3.46. The largest absolute Gasteiger partial charge is 0.383 e. The highest BCUT2D eigenvalue weighted by Crippen LogP contribution is 2.43. The molecule has 2 N–H and O–H groups in total. The van der Waals surface area contributed by atoms with Gasteiger partial charge in [-0.05, 0) is 53.6 Å². The summed E-state index contributed by atoms with van der Waals surface area (Å²) >= 11 is 2.37. The van der Waals surface area contributed by atoms with Crippen molar-refractivity contribution in [1.29, 1.82) is 0 Å². The predicted octanol–water partition coefficient (Wildman–Crippen LogP) is 3.69. The Morgan fingerprint density at radius 1 is 1.38 bits per heavy atom. The topological polar surface area (TPSA) is 24.1 Å². The van der Waals surface area contributed by atoms with Crippen molar-refractivity contribution in [3.05, 3.63) is 21.8 Å². The number of hydrogen-bond acceptors (Lipinski definition) is 2. The van der Waals surface area contributed by atoms with Gasteiger partial charge in [0.25, 0.3) is 0 Å². The Morgan fingerprint density at radius 2 is 2.25 bits per heavy atom. The zero-order valence-electron chi connectivity index (χ0n) is 9.52. The average molecular weight is 328 g/mol. The highest BCUT2D eigenvalue weighted by Gasteiger charge is 2.40. The molecule has 1 aliphatic heterocycles. The number of fused-ring (bicyclic) bond motifs is 2. The van der Waals surface area contributed by atoms with E-state index in [1.54, 1.807) is 0 Å². The molecule has 1 saturated carbocycles. The molecule has 86 valence electrons. The maximum absolute atomic E-state index is 3.72. The van der Waals surface area contributed by atoms with Gasteiger partial charge in [-0.2, -0.15) is 0 Å². The molecule has 1 aromatic rings. The van der Waals surface area contributed by atoms with E-state index in [2.05, 4.69) is 58.3 Å². The van der Waals surface area contributed by atoms with Crippen molar-refractivity contribution in [2.24, 2.45) is 5.41 Å². The number of rotatable bonds is 0. The summed E-state index contributed by atoms with van der Waals surface area (Å²) < 4.78 is 1.29. The maximum Gasteiger partial charge on any atom is 0.0586 e. The molecule has 3 rings (SSSR count). The van der Waals surface area contributed by atoms with Gasteiger partial charge in [0.15, 0.2) is 0 Å². The molecule has 2 nitrogen and oxygen atoms in total. The Kier molecular flexibility index (Phi) is 2.53. The Labute approximate surface area is 110 Å². The maximum atomic E-state index is 3.72. The van der Waals surface area contributed by atoms with Crippen LogP contribution in [0.4, 0.5) is 11.4 Å². The van der Waals surface area contributed by atoms with Crippen LogP contribution in [-0.4, -0.2) is 12.6 Å². The molecule has 0 amide bonds. The second kappa shape index (κ2) is 3.79. The number of nitrogens with one attached hydrogen (secondary N) is 2. The summed E-state index contributed by atoms with van der Waals surface area (Å²) in [5, 5.41) is 7.33. The van der Waals surface area contributed by atoms with E-state index in [-0.39, 0.29) is 0 Å². The second-order valence-corrected chi connectivity index (χ2v) is 6.53. The van der Waals surface area contributed by atoms with Gasteiger partial charge in [0.05, 0.1) is 11.4 Å². The molecule has 0 saturated heterocycles. The van der Waals surface area contributed by atoms with Crippen molar-refractivity contribution in [1.82, 2.24) is 0 Å². The van der Waals surface area contributed by atoms with Crippen LogP contribution in [0, 0.1) is 8.99 Å². The Bertz CT molecular complexity index is 418. The number of anilines is 2. The smallest absolute Gasteiger partial charge is 0.0586 e. The van der Waals surface area contributed by atoms with Gasteiger partial charge in [0.1, 0.15) is 0 Å². The van der Waals surface area contributed by atoms with E-state index in [4.69, 9.17) is 0 Å². The van der Waals surface area contributed by atoms with E-state index >= 15 is 0 Å². The summed E-state index contributed by atoms with van der Waals surface area (Å²) in [6.07, 6.45) is 4.00. The summed E-state index contributed by atoms with van der Waals surface area (Å²) in [6, 6.07) is 7.24. The van der Waals surface area contributed by atoms with Crippen LogP contribution < -0.4 is 10.6 Å². The normalized spacial score (nSPS) is 32.0. The molecular formula is C13H17IN2. The van der Waals surface area contributed by atoms with E-state index in [1.165, 1.54) is 34.2 Å². The Morgan fingerprint density at radius 3 is 3.12 bits per heavy atom. The van der Waals surface area contributed by atoms with Crippen LogP contribution in [0.25, 0.3) is 0 Å². The van der Waals surface area contributed by atoms with Gasteiger partial charge in [-0.15, -0.1) is 0 Å². The standard InChI is InChI=1S/C13H17IN2/c1-13-6-2-3-12(13)16-10-5-4-9(14)7-11(10)15-8-13/h4-5,7,12,15-16H,2-3,6,8H2,1H3. The average Bonchev–Trinajstić information content (AvgIpc) is 2.55. The Balaban J connectivity index is 1.97. The SMILES string of the molecule is CC12CCCC1Nc1ccc(I)cc1NC2. The molecule has 2 atom stereocenters. The van der Waals surface area contributed by atoms with Gasteiger partial charge in [-0.25, -0.2) is 0 Å². The molecule has 1 aliphatic carbocycles. The summed E-state index contributed by atoms with van der Waals surface area (Å²) in [4.78, 5) is 0. The quantitative estimate of drug-likeness (QED) is 0.710. The summed E-state index contributed by atoms with van der Waals surface area (Å²) in [5.74, 6) is 0.